The van der Waals surface area contributed by atoms with E-state index in [1.54, 1.807) is 4.90 Å². The van der Waals surface area contributed by atoms with Crippen molar-refractivity contribution >= 4 is 23.4 Å². The molecule has 0 aliphatic carbocycles. The van der Waals surface area contributed by atoms with Crippen LogP contribution in [0.25, 0.3) is 0 Å². The Hall–Kier alpha value is -2.03. The molecular weight excluding hydrogens is 363 g/mol. The smallest absolute Gasteiger partial charge is 0.350 e. The van der Waals surface area contributed by atoms with Gasteiger partial charge in [0.1, 0.15) is 11.6 Å². The predicted octanol–water partition coefficient (Wildman–Crippen LogP) is 1.65. The van der Waals surface area contributed by atoms with Crippen molar-refractivity contribution in [2.24, 2.45) is 0 Å². The van der Waals surface area contributed by atoms with Gasteiger partial charge < -0.3 is 14.8 Å². The van der Waals surface area contributed by atoms with Crippen LogP contribution in [-0.4, -0.2) is 40.4 Å². The number of alkyl halides is 3. The van der Waals surface area contributed by atoms with Gasteiger partial charge in [0.15, 0.2) is 0 Å². The number of halogens is 4. The van der Waals surface area contributed by atoms with Crippen LogP contribution in [0.1, 0.15) is 25.3 Å². The van der Waals surface area contributed by atoms with Gasteiger partial charge in [-0.1, -0.05) is 18.5 Å². The van der Waals surface area contributed by atoms with E-state index < -0.39 is 40.8 Å². The number of carbonyl (C=O) groups excluding carboxylic acids is 2. The topological polar surface area (TPSA) is 71.4 Å². The molecule has 25 heavy (non-hydrogen) atoms. The first-order chi connectivity index (χ1) is 11.6. The van der Waals surface area contributed by atoms with Gasteiger partial charge in [-0.05, 0) is 12.5 Å². The lowest BCUT2D eigenvalue weighted by molar-refractivity contribution is -0.138. The number of carbonyl (C=O) groups is 2. The van der Waals surface area contributed by atoms with Crippen molar-refractivity contribution in [1.82, 2.24) is 14.8 Å². The highest BCUT2D eigenvalue weighted by Crippen LogP contribution is 2.29. The summed E-state index contributed by atoms with van der Waals surface area (Å²) in [4.78, 5) is 37.2. The third-order valence-electron chi connectivity index (χ3n) is 3.76. The molecule has 2 rings (SSSR count). The minimum Gasteiger partial charge on any atom is -0.350 e. The van der Waals surface area contributed by atoms with Gasteiger partial charge in [0.25, 0.3) is 5.56 Å². The number of nitrogens with one attached hydrogen (secondary N) is 1. The van der Waals surface area contributed by atoms with Crippen LogP contribution in [0.15, 0.2) is 17.1 Å². The molecule has 1 N–H and O–H groups in total. The number of rotatable bonds is 5. The molecule has 6 nitrogen and oxygen atoms in total. The second kappa shape index (κ2) is 7.47. The first-order valence-corrected chi connectivity index (χ1v) is 8.04. The summed E-state index contributed by atoms with van der Waals surface area (Å²) < 4.78 is 39.0. The Labute approximate surface area is 146 Å². The fourth-order valence-electron chi connectivity index (χ4n) is 2.65. The van der Waals surface area contributed by atoms with Crippen LogP contribution < -0.4 is 10.9 Å². The quantitative estimate of drug-likeness (QED) is 0.845. The van der Waals surface area contributed by atoms with E-state index in [0.29, 0.717) is 29.9 Å². The van der Waals surface area contributed by atoms with E-state index in [-0.39, 0.29) is 12.3 Å². The maximum atomic E-state index is 12.8. The second-order valence-corrected chi connectivity index (χ2v) is 6.22. The van der Waals surface area contributed by atoms with Gasteiger partial charge in [-0.25, -0.2) is 0 Å². The van der Waals surface area contributed by atoms with Crippen molar-refractivity contribution in [1.29, 1.82) is 0 Å². The van der Waals surface area contributed by atoms with E-state index in [4.69, 9.17) is 11.6 Å². The summed E-state index contributed by atoms with van der Waals surface area (Å²) in [5, 5.41) is 1.95. The molecule has 0 saturated carbocycles. The van der Waals surface area contributed by atoms with Gasteiger partial charge >= 0.3 is 6.18 Å². The zero-order valence-electron chi connectivity index (χ0n) is 13.4. The first-order valence-electron chi connectivity index (χ1n) is 7.66. The number of nitrogens with zero attached hydrogens (tertiary/aromatic N) is 2. The Balaban J connectivity index is 2.07. The highest BCUT2D eigenvalue weighted by atomic mass is 35.5. The van der Waals surface area contributed by atoms with Crippen molar-refractivity contribution in [3.8, 4) is 0 Å². The summed E-state index contributed by atoms with van der Waals surface area (Å²) in [6, 6.07) is 0.0971. The summed E-state index contributed by atoms with van der Waals surface area (Å²) in [6.07, 6.45) is -3.22. The molecule has 2 heterocycles. The Morgan fingerprint density at radius 2 is 2.08 bits per heavy atom. The van der Waals surface area contributed by atoms with E-state index in [1.807, 2.05) is 6.92 Å². The number of likely N-dealkylation sites (tertiary alicyclic amines) is 1. The largest absolute Gasteiger partial charge is 0.417 e. The predicted molar refractivity (Wildman–Crippen MR) is 84.1 cm³/mol. The summed E-state index contributed by atoms with van der Waals surface area (Å²) >= 11 is 5.54. The van der Waals surface area contributed by atoms with E-state index in [1.165, 1.54) is 0 Å². The average Bonchev–Trinajstić information content (AvgIpc) is 2.82. The maximum Gasteiger partial charge on any atom is 0.417 e. The number of pyridine rings is 1. The third-order valence-corrected chi connectivity index (χ3v) is 4.03. The van der Waals surface area contributed by atoms with Gasteiger partial charge in [0.2, 0.25) is 11.8 Å². The fourth-order valence-corrected chi connectivity index (χ4v) is 2.88. The summed E-state index contributed by atoms with van der Waals surface area (Å²) in [5.74, 6) is -0.750. The average molecular weight is 380 g/mol. The lowest BCUT2D eigenvalue weighted by Gasteiger charge is -2.16. The maximum absolute atomic E-state index is 12.8. The normalized spacial score (nSPS) is 17.9. The standard InChI is InChI=1S/C15H17ClF3N3O3/c1-2-3-21-7-10(5-13(21)24)20-12(23)8-22-6-9(15(17,18)19)4-11(16)14(22)25/h4,6,10H,2-3,5,7-8H2,1H3,(H,20,23)/t10-/m1/s1. The Morgan fingerprint density at radius 1 is 1.40 bits per heavy atom. The summed E-state index contributed by atoms with van der Waals surface area (Å²) in [6.45, 7) is 2.23. The summed E-state index contributed by atoms with van der Waals surface area (Å²) in [5.41, 5.74) is -2.00. The number of aromatic nitrogens is 1. The molecule has 0 aromatic carbocycles. The Bertz CT molecular complexity index is 733. The number of hydrogen-bond acceptors (Lipinski definition) is 3. The van der Waals surface area contributed by atoms with E-state index in [0.717, 1.165) is 6.42 Å². The highest BCUT2D eigenvalue weighted by molar-refractivity contribution is 6.30. The highest BCUT2D eigenvalue weighted by Gasteiger charge is 2.33. The summed E-state index contributed by atoms with van der Waals surface area (Å²) in [7, 11) is 0. The van der Waals surface area contributed by atoms with Crippen molar-refractivity contribution in [2.45, 2.75) is 38.5 Å². The molecule has 138 valence electrons. The molecule has 0 spiro atoms. The van der Waals surface area contributed by atoms with Crippen LogP contribution in [0.5, 0.6) is 0 Å². The molecule has 0 radical (unpaired) electrons. The monoisotopic (exact) mass is 379 g/mol. The van der Waals surface area contributed by atoms with Crippen molar-refractivity contribution in [3.05, 3.63) is 33.2 Å². The molecule has 1 atom stereocenters. The van der Waals surface area contributed by atoms with Gasteiger partial charge in [-0.15, -0.1) is 0 Å². The number of amides is 2. The third kappa shape index (κ3) is 4.75. The van der Waals surface area contributed by atoms with Crippen LogP contribution in [0, 0.1) is 0 Å². The van der Waals surface area contributed by atoms with Gasteiger partial charge in [0, 0.05) is 25.7 Å². The molecular formula is C15H17ClF3N3O3. The molecule has 1 saturated heterocycles. The van der Waals surface area contributed by atoms with Gasteiger partial charge in [-0.3, -0.25) is 14.4 Å². The minimum atomic E-state index is -4.69. The Morgan fingerprint density at radius 3 is 2.68 bits per heavy atom. The van der Waals surface area contributed by atoms with Crippen molar-refractivity contribution in [3.63, 3.8) is 0 Å². The van der Waals surface area contributed by atoms with Crippen molar-refractivity contribution in [2.75, 3.05) is 13.1 Å². The molecule has 0 unspecified atom stereocenters. The molecule has 1 aromatic heterocycles. The lowest BCUT2D eigenvalue weighted by atomic mass is 10.2. The fraction of sp³-hybridized carbons (Fsp3) is 0.533. The molecule has 1 aromatic rings. The van der Waals surface area contributed by atoms with Crippen LogP contribution in [0.2, 0.25) is 5.02 Å². The molecule has 1 fully saturated rings. The van der Waals surface area contributed by atoms with E-state index in [2.05, 4.69) is 5.32 Å². The van der Waals surface area contributed by atoms with Gasteiger partial charge in [0.05, 0.1) is 11.6 Å². The zero-order chi connectivity index (χ0) is 18.8. The Kier molecular flexibility index (Phi) is 5.76. The van der Waals surface area contributed by atoms with Crippen molar-refractivity contribution < 1.29 is 22.8 Å². The van der Waals surface area contributed by atoms with Crippen LogP contribution in [0.4, 0.5) is 13.2 Å². The molecule has 0 bridgehead atoms. The van der Waals surface area contributed by atoms with Crippen LogP contribution >= 0.6 is 11.6 Å². The second-order valence-electron chi connectivity index (χ2n) is 5.82. The molecule has 2 amide bonds. The van der Waals surface area contributed by atoms with Crippen LogP contribution in [0.3, 0.4) is 0 Å². The SMILES string of the molecule is CCCN1C[C@H](NC(=O)Cn2cc(C(F)(F)F)cc(Cl)c2=O)CC1=O. The van der Waals surface area contributed by atoms with Gasteiger partial charge in [-0.2, -0.15) is 13.2 Å². The van der Waals surface area contributed by atoms with E-state index >= 15 is 0 Å². The zero-order valence-corrected chi connectivity index (χ0v) is 14.2. The van der Waals surface area contributed by atoms with Crippen LogP contribution in [-0.2, 0) is 22.3 Å². The lowest BCUT2D eigenvalue weighted by Crippen LogP contribution is -2.40. The number of hydrogen-bond donors (Lipinski definition) is 1. The minimum absolute atomic E-state index is 0.0913. The molecule has 1 aliphatic rings. The molecule has 1 aliphatic heterocycles. The molecule has 10 heteroatoms. The first kappa shape index (κ1) is 19.3. The van der Waals surface area contributed by atoms with E-state index in [9.17, 15) is 27.6 Å².